The molecule has 0 aromatic heterocycles. The standard InChI is InChI=1S/C12H12ClNO4/c13-10-4-3-8(5-9(10)12(16)17)18-6-11(15)14-7-1-2-7/h3-5,7H,1-2,6H2,(H,14,15)(H,16,17). The summed E-state index contributed by atoms with van der Waals surface area (Å²) in [5.74, 6) is -1.03. The third-order valence-corrected chi connectivity index (χ3v) is 2.81. The highest BCUT2D eigenvalue weighted by Gasteiger charge is 2.23. The third-order valence-electron chi connectivity index (χ3n) is 2.48. The first-order chi connectivity index (χ1) is 8.56. The van der Waals surface area contributed by atoms with Crippen LogP contribution in [0.25, 0.3) is 0 Å². The molecule has 1 aliphatic rings. The number of hydrogen-bond acceptors (Lipinski definition) is 3. The number of aromatic carboxylic acids is 1. The lowest BCUT2D eigenvalue weighted by Crippen LogP contribution is -2.30. The molecule has 18 heavy (non-hydrogen) atoms. The molecule has 1 aromatic rings. The fourth-order valence-electron chi connectivity index (χ4n) is 1.40. The zero-order valence-corrected chi connectivity index (χ0v) is 10.2. The van der Waals surface area contributed by atoms with Crippen LogP contribution in [-0.4, -0.2) is 29.6 Å². The van der Waals surface area contributed by atoms with Crippen LogP contribution in [0.5, 0.6) is 5.75 Å². The average molecular weight is 270 g/mol. The molecule has 1 aliphatic carbocycles. The number of rotatable bonds is 5. The van der Waals surface area contributed by atoms with Gasteiger partial charge in [0.05, 0.1) is 10.6 Å². The van der Waals surface area contributed by atoms with Gasteiger partial charge in [-0.15, -0.1) is 0 Å². The lowest BCUT2D eigenvalue weighted by Gasteiger charge is -2.08. The van der Waals surface area contributed by atoms with Crippen LogP contribution in [-0.2, 0) is 4.79 Å². The van der Waals surface area contributed by atoms with Gasteiger partial charge >= 0.3 is 5.97 Å². The Morgan fingerprint density at radius 1 is 1.44 bits per heavy atom. The topological polar surface area (TPSA) is 75.6 Å². The number of hydrogen-bond donors (Lipinski definition) is 2. The molecule has 0 aliphatic heterocycles. The minimum Gasteiger partial charge on any atom is -0.484 e. The molecule has 0 atom stereocenters. The van der Waals surface area contributed by atoms with Crippen molar-refractivity contribution in [3.63, 3.8) is 0 Å². The molecule has 2 N–H and O–H groups in total. The number of benzene rings is 1. The van der Waals surface area contributed by atoms with Crippen LogP contribution < -0.4 is 10.1 Å². The van der Waals surface area contributed by atoms with Crippen molar-refractivity contribution in [2.24, 2.45) is 0 Å². The smallest absolute Gasteiger partial charge is 0.337 e. The fourth-order valence-corrected chi connectivity index (χ4v) is 1.60. The summed E-state index contributed by atoms with van der Waals surface area (Å²) in [6, 6.07) is 4.54. The van der Waals surface area contributed by atoms with Gasteiger partial charge in [0.25, 0.3) is 5.91 Å². The molecule has 0 unspecified atom stereocenters. The number of halogens is 1. The second-order valence-corrected chi connectivity index (χ2v) is 4.48. The molecule has 2 rings (SSSR count). The maximum atomic E-state index is 11.4. The molecule has 0 bridgehead atoms. The number of carbonyl (C=O) groups excluding carboxylic acids is 1. The first-order valence-electron chi connectivity index (χ1n) is 5.51. The molecule has 0 radical (unpaired) electrons. The van der Waals surface area contributed by atoms with Crippen molar-refractivity contribution >= 4 is 23.5 Å². The molecular formula is C12H12ClNO4. The summed E-state index contributed by atoms with van der Waals surface area (Å²) in [6.45, 7) is -0.128. The van der Waals surface area contributed by atoms with Crippen molar-refractivity contribution in [3.05, 3.63) is 28.8 Å². The Balaban J connectivity index is 1.94. The SMILES string of the molecule is O=C(COc1ccc(Cl)c(C(=O)O)c1)NC1CC1. The maximum absolute atomic E-state index is 11.4. The Morgan fingerprint density at radius 2 is 2.17 bits per heavy atom. The second kappa shape index (κ2) is 5.27. The van der Waals surface area contributed by atoms with Gasteiger partial charge in [-0.3, -0.25) is 4.79 Å². The summed E-state index contributed by atoms with van der Waals surface area (Å²) < 4.78 is 5.21. The minimum absolute atomic E-state index is 0.0447. The average Bonchev–Trinajstić information content (AvgIpc) is 3.11. The van der Waals surface area contributed by atoms with Crippen molar-refractivity contribution in [1.82, 2.24) is 5.32 Å². The highest BCUT2D eigenvalue weighted by atomic mass is 35.5. The van der Waals surface area contributed by atoms with Gasteiger partial charge in [0, 0.05) is 6.04 Å². The molecule has 1 aromatic carbocycles. The van der Waals surface area contributed by atoms with Crippen LogP contribution in [0.1, 0.15) is 23.2 Å². The highest BCUT2D eigenvalue weighted by molar-refractivity contribution is 6.33. The largest absolute Gasteiger partial charge is 0.484 e. The lowest BCUT2D eigenvalue weighted by atomic mass is 10.2. The van der Waals surface area contributed by atoms with Crippen molar-refractivity contribution in [3.8, 4) is 5.75 Å². The van der Waals surface area contributed by atoms with E-state index in [1.54, 1.807) is 0 Å². The van der Waals surface area contributed by atoms with Crippen molar-refractivity contribution in [2.45, 2.75) is 18.9 Å². The third kappa shape index (κ3) is 3.37. The van der Waals surface area contributed by atoms with Crippen molar-refractivity contribution in [2.75, 3.05) is 6.61 Å². The highest BCUT2D eigenvalue weighted by Crippen LogP contribution is 2.22. The molecule has 1 amide bonds. The van der Waals surface area contributed by atoms with E-state index >= 15 is 0 Å². The molecule has 0 spiro atoms. The fraction of sp³-hybridized carbons (Fsp3) is 0.333. The van der Waals surface area contributed by atoms with E-state index in [0.717, 1.165) is 12.8 Å². The van der Waals surface area contributed by atoms with Crippen LogP contribution in [0.15, 0.2) is 18.2 Å². The first kappa shape index (κ1) is 12.7. The molecule has 5 nitrogen and oxygen atoms in total. The number of nitrogens with one attached hydrogen (secondary N) is 1. The zero-order valence-electron chi connectivity index (χ0n) is 9.48. The summed E-state index contributed by atoms with van der Waals surface area (Å²) >= 11 is 5.72. The van der Waals surface area contributed by atoms with E-state index in [2.05, 4.69) is 5.32 Å². The number of carboxylic acids is 1. The van der Waals surface area contributed by atoms with Gasteiger partial charge in [0.15, 0.2) is 6.61 Å². The molecule has 0 saturated heterocycles. The quantitative estimate of drug-likeness (QED) is 0.853. The Hall–Kier alpha value is -1.75. The Bertz CT molecular complexity index is 485. The first-order valence-corrected chi connectivity index (χ1v) is 5.89. The number of ether oxygens (including phenoxy) is 1. The summed E-state index contributed by atoms with van der Waals surface area (Å²) in [6.07, 6.45) is 2.02. The molecule has 6 heteroatoms. The van der Waals surface area contributed by atoms with E-state index < -0.39 is 5.97 Å². The van der Waals surface area contributed by atoms with Crippen LogP contribution >= 0.6 is 11.6 Å². The molecular weight excluding hydrogens is 258 g/mol. The Labute approximate surface area is 109 Å². The van der Waals surface area contributed by atoms with E-state index in [1.807, 2.05) is 0 Å². The summed E-state index contributed by atoms with van der Waals surface area (Å²) in [5, 5.41) is 11.8. The predicted molar refractivity (Wildman–Crippen MR) is 65.1 cm³/mol. The monoisotopic (exact) mass is 269 g/mol. The summed E-state index contributed by atoms with van der Waals surface area (Å²) in [7, 11) is 0. The molecule has 1 fully saturated rings. The molecule has 96 valence electrons. The van der Waals surface area contributed by atoms with Gasteiger partial charge in [0.2, 0.25) is 0 Å². The summed E-state index contributed by atoms with van der Waals surface area (Å²) in [4.78, 5) is 22.2. The van der Waals surface area contributed by atoms with Crippen LogP contribution in [0.4, 0.5) is 0 Å². The van der Waals surface area contributed by atoms with E-state index in [-0.39, 0.29) is 29.1 Å². The normalized spacial score (nSPS) is 14.1. The van der Waals surface area contributed by atoms with E-state index in [0.29, 0.717) is 5.75 Å². The predicted octanol–water partition coefficient (Wildman–Crippen LogP) is 1.70. The van der Waals surface area contributed by atoms with Crippen molar-refractivity contribution < 1.29 is 19.4 Å². The van der Waals surface area contributed by atoms with Gasteiger partial charge in [-0.25, -0.2) is 4.79 Å². The number of carbonyl (C=O) groups is 2. The minimum atomic E-state index is -1.13. The Kier molecular flexibility index (Phi) is 3.72. The number of amides is 1. The van der Waals surface area contributed by atoms with Crippen molar-refractivity contribution in [1.29, 1.82) is 0 Å². The number of carboxylic acid groups (broad SMARTS) is 1. The van der Waals surface area contributed by atoms with Gasteiger partial charge in [0.1, 0.15) is 5.75 Å². The van der Waals surface area contributed by atoms with E-state index in [1.165, 1.54) is 18.2 Å². The van der Waals surface area contributed by atoms with E-state index in [9.17, 15) is 9.59 Å². The molecule has 1 saturated carbocycles. The Morgan fingerprint density at radius 3 is 2.78 bits per heavy atom. The van der Waals surface area contributed by atoms with Gasteiger partial charge < -0.3 is 15.2 Å². The van der Waals surface area contributed by atoms with Gasteiger partial charge in [-0.05, 0) is 31.0 Å². The van der Waals surface area contributed by atoms with E-state index in [4.69, 9.17) is 21.4 Å². The summed E-state index contributed by atoms with van der Waals surface area (Å²) in [5.41, 5.74) is -0.0447. The van der Waals surface area contributed by atoms with Crippen LogP contribution in [0, 0.1) is 0 Å². The van der Waals surface area contributed by atoms with Gasteiger partial charge in [-0.2, -0.15) is 0 Å². The lowest BCUT2D eigenvalue weighted by molar-refractivity contribution is -0.123. The van der Waals surface area contributed by atoms with Crippen LogP contribution in [0.2, 0.25) is 5.02 Å². The zero-order chi connectivity index (χ0) is 13.1. The van der Waals surface area contributed by atoms with Gasteiger partial charge in [-0.1, -0.05) is 11.6 Å². The molecule has 0 heterocycles. The van der Waals surface area contributed by atoms with Crippen LogP contribution in [0.3, 0.4) is 0 Å². The maximum Gasteiger partial charge on any atom is 0.337 e. The second-order valence-electron chi connectivity index (χ2n) is 4.08.